The fourth-order valence-corrected chi connectivity index (χ4v) is 3.36. The van der Waals surface area contributed by atoms with E-state index in [9.17, 15) is 18.0 Å². The van der Waals surface area contributed by atoms with E-state index < -0.39 is 12.1 Å². The van der Waals surface area contributed by atoms with Gasteiger partial charge in [-0.2, -0.15) is 18.3 Å². The first-order valence-corrected chi connectivity index (χ1v) is 9.83. The number of nitrogens with one attached hydrogen (secondary N) is 2. The second-order valence-corrected chi connectivity index (χ2v) is 7.43. The summed E-state index contributed by atoms with van der Waals surface area (Å²) < 4.78 is 35.7. The van der Waals surface area contributed by atoms with Crippen LogP contribution in [0, 0.1) is 0 Å². The second-order valence-electron chi connectivity index (χ2n) is 7.43. The van der Waals surface area contributed by atoms with Crippen LogP contribution in [-0.4, -0.2) is 55.1 Å². The van der Waals surface area contributed by atoms with Crippen LogP contribution < -0.4 is 10.6 Å². The number of aromatic nitrogens is 4. The van der Waals surface area contributed by atoms with Crippen LogP contribution in [-0.2, 0) is 31.4 Å². The Kier molecular flexibility index (Phi) is 6.82. The first-order chi connectivity index (χ1) is 15.1. The molecule has 3 aromatic heterocycles. The van der Waals surface area contributed by atoms with Crippen LogP contribution in [0.25, 0.3) is 11.0 Å². The van der Waals surface area contributed by atoms with E-state index in [1.165, 1.54) is 5.56 Å². The minimum absolute atomic E-state index is 0.118. The van der Waals surface area contributed by atoms with Crippen LogP contribution in [0.1, 0.15) is 28.7 Å². The lowest BCUT2D eigenvalue weighted by molar-refractivity contribution is -0.192. The molecule has 1 aliphatic rings. The van der Waals surface area contributed by atoms with Crippen molar-refractivity contribution in [1.29, 1.82) is 0 Å². The van der Waals surface area contributed by atoms with Gasteiger partial charge in [-0.25, -0.2) is 9.78 Å². The van der Waals surface area contributed by atoms with E-state index in [-0.39, 0.29) is 5.91 Å². The smallest absolute Gasteiger partial charge is 0.475 e. The van der Waals surface area contributed by atoms with Gasteiger partial charge >= 0.3 is 12.1 Å². The topological polar surface area (TPSA) is 114 Å². The largest absolute Gasteiger partial charge is 0.490 e. The number of alkyl halides is 3. The van der Waals surface area contributed by atoms with Crippen LogP contribution in [0.15, 0.2) is 30.6 Å². The highest BCUT2D eigenvalue weighted by molar-refractivity contribution is 5.92. The quantitative estimate of drug-likeness (QED) is 0.557. The zero-order valence-electron chi connectivity index (χ0n) is 17.5. The first-order valence-electron chi connectivity index (χ1n) is 9.83. The maximum atomic E-state index is 12.4. The average Bonchev–Trinajstić information content (AvgIpc) is 3.29. The Labute approximate surface area is 181 Å². The van der Waals surface area contributed by atoms with Crippen molar-refractivity contribution in [1.82, 2.24) is 30.0 Å². The molecule has 4 heterocycles. The number of carbonyl (C=O) groups is 2. The average molecular weight is 452 g/mol. The monoisotopic (exact) mass is 452 g/mol. The lowest BCUT2D eigenvalue weighted by atomic mass is 10.1. The number of amides is 1. The summed E-state index contributed by atoms with van der Waals surface area (Å²) in [4.78, 5) is 25.7. The molecule has 0 saturated heterocycles. The summed E-state index contributed by atoms with van der Waals surface area (Å²) in [6, 6.07) is 6.26. The van der Waals surface area contributed by atoms with Gasteiger partial charge < -0.3 is 20.3 Å². The molecule has 4 rings (SSSR count). The maximum Gasteiger partial charge on any atom is 0.490 e. The molecule has 1 amide bonds. The molecule has 0 saturated carbocycles. The van der Waals surface area contributed by atoms with E-state index >= 15 is 0 Å². The predicted octanol–water partition coefficient (Wildman–Crippen LogP) is 1.87. The van der Waals surface area contributed by atoms with Gasteiger partial charge in [-0.05, 0) is 37.1 Å². The van der Waals surface area contributed by atoms with Gasteiger partial charge in [0.25, 0.3) is 5.91 Å². The number of pyridine rings is 1. The van der Waals surface area contributed by atoms with E-state index in [1.807, 2.05) is 28.4 Å². The number of nitrogens with zero attached hydrogens (tertiary/aromatic N) is 4. The highest BCUT2D eigenvalue weighted by atomic mass is 19.4. The van der Waals surface area contributed by atoms with Gasteiger partial charge in [-0.15, -0.1) is 0 Å². The fourth-order valence-electron chi connectivity index (χ4n) is 3.36. The molecule has 172 valence electrons. The van der Waals surface area contributed by atoms with Gasteiger partial charge in [0.2, 0.25) is 0 Å². The number of carbonyl (C=O) groups excluding carboxylic acids is 1. The van der Waals surface area contributed by atoms with Gasteiger partial charge in [0.05, 0.1) is 12.2 Å². The standard InChI is InChI=1S/C18H22N6O.C2HF3O2/c1-12-10-24-14(9-21-12)8-16(22-24)18(25)20-7-5-13-11-23(2)17-15(13)4-3-6-19-17;3-2(4,5)1(6)7/h3-4,6,8,11-12,21H,5,7,9-10H2,1-2H3,(H,20,25);(H,6,7). The normalized spacial score (nSPS) is 15.6. The number of aliphatic carboxylic acids is 1. The summed E-state index contributed by atoms with van der Waals surface area (Å²) in [5.41, 5.74) is 3.70. The third kappa shape index (κ3) is 5.44. The number of hydrogen-bond donors (Lipinski definition) is 3. The lowest BCUT2D eigenvalue weighted by Crippen LogP contribution is -2.36. The summed E-state index contributed by atoms with van der Waals surface area (Å²) >= 11 is 0. The molecule has 32 heavy (non-hydrogen) atoms. The molecule has 0 bridgehead atoms. The molecule has 9 nitrogen and oxygen atoms in total. The second kappa shape index (κ2) is 9.39. The molecule has 0 aromatic carbocycles. The van der Waals surface area contributed by atoms with Crippen molar-refractivity contribution in [2.75, 3.05) is 6.54 Å². The molecule has 0 radical (unpaired) electrons. The van der Waals surface area contributed by atoms with Gasteiger partial charge in [-0.3, -0.25) is 9.48 Å². The van der Waals surface area contributed by atoms with Crippen LogP contribution in [0.3, 0.4) is 0 Å². The molecule has 3 aromatic rings. The molecule has 1 unspecified atom stereocenters. The Morgan fingerprint density at radius 2 is 2.09 bits per heavy atom. The van der Waals surface area contributed by atoms with Gasteiger partial charge in [0, 0.05) is 44.0 Å². The zero-order chi connectivity index (χ0) is 23.5. The Morgan fingerprint density at radius 3 is 2.78 bits per heavy atom. The molecule has 1 aliphatic heterocycles. The number of aryl methyl sites for hydroxylation is 1. The highest BCUT2D eigenvalue weighted by Gasteiger charge is 2.38. The van der Waals surface area contributed by atoms with Crippen LogP contribution >= 0.6 is 0 Å². The summed E-state index contributed by atoms with van der Waals surface area (Å²) in [7, 11) is 1.99. The highest BCUT2D eigenvalue weighted by Crippen LogP contribution is 2.18. The molecule has 0 spiro atoms. The van der Waals surface area contributed by atoms with Gasteiger partial charge in [0.1, 0.15) is 11.3 Å². The summed E-state index contributed by atoms with van der Waals surface area (Å²) in [5.74, 6) is -2.87. The molecular formula is C20H23F3N6O3. The number of hydrogen-bond acceptors (Lipinski definition) is 5. The minimum Gasteiger partial charge on any atom is -0.475 e. The molecule has 0 fully saturated rings. The van der Waals surface area contributed by atoms with E-state index in [0.717, 1.165) is 36.2 Å². The van der Waals surface area contributed by atoms with Crippen LogP contribution in [0.2, 0.25) is 0 Å². The van der Waals surface area contributed by atoms with Gasteiger partial charge in [0.15, 0.2) is 0 Å². The Hall–Kier alpha value is -3.41. The Morgan fingerprint density at radius 1 is 1.38 bits per heavy atom. The number of halogens is 3. The molecule has 0 aliphatic carbocycles. The van der Waals surface area contributed by atoms with E-state index in [0.29, 0.717) is 18.3 Å². The maximum absolute atomic E-state index is 12.4. The zero-order valence-corrected chi connectivity index (χ0v) is 17.5. The SMILES string of the molecule is CC1Cn2nc(C(=O)NCCc3cn(C)c4ncccc34)cc2CN1.O=C(O)C(F)(F)F. The van der Waals surface area contributed by atoms with Crippen molar-refractivity contribution in [2.24, 2.45) is 7.05 Å². The third-order valence-electron chi connectivity index (χ3n) is 4.91. The van der Waals surface area contributed by atoms with Crippen molar-refractivity contribution in [3.8, 4) is 0 Å². The Balaban J connectivity index is 0.000000360. The number of rotatable bonds is 4. The van der Waals surface area contributed by atoms with Crippen molar-refractivity contribution in [2.45, 2.75) is 38.7 Å². The van der Waals surface area contributed by atoms with Crippen molar-refractivity contribution < 1.29 is 27.9 Å². The minimum atomic E-state index is -5.08. The molecule has 1 atom stereocenters. The van der Waals surface area contributed by atoms with Crippen LogP contribution in [0.4, 0.5) is 13.2 Å². The number of fused-ring (bicyclic) bond motifs is 2. The number of carboxylic acids is 1. The third-order valence-corrected chi connectivity index (χ3v) is 4.91. The predicted molar refractivity (Wildman–Crippen MR) is 109 cm³/mol. The van der Waals surface area contributed by atoms with Gasteiger partial charge in [-0.1, -0.05) is 0 Å². The number of carboxylic acid groups (broad SMARTS) is 1. The first kappa shape index (κ1) is 23.3. The summed E-state index contributed by atoms with van der Waals surface area (Å²) in [6.07, 6.45) is -0.447. The lowest BCUT2D eigenvalue weighted by Gasteiger charge is -2.21. The molecule has 12 heteroatoms. The van der Waals surface area contributed by atoms with E-state index in [4.69, 9.17) is 9.90 Å². The Bertz CT molecular complexity index is 1120. The molecule has 3 N–H and O–H groups in total. The van der Waals surface area contributed by atoms with Crippen molar-refractivity contribution in [3.05, 3.63) is 47.5 Å². The van der Waals surface area contributed by atoms with Crippen molar-refractivity contribution >= 4 is 22.9 Å². The van der Waals surface area contributed by atoms with Crippen LogP contribution in [0.5, 0.6) is 0 Å². The van der Waals surface area contributed by atoms with Crippen molar-refractivity contribution in [3.63, 3.8) is 0 Å². The van der Waals surface area contributed by atoms with E-state index in [2.05, 4.69) is 39.9 Å². The summed E-state index contributed by atoms with van der Waals surface area (Å²) in [6.45, 7) is 4.24. The summed E-state index contributed by atoms with van der Waals surface area (Å²) in [5, 5.41) is 19.0. The van der Waals surface area contributed by atoms with E-state index in [1.54, 1.807) is 6.20 Å². The fraction of sp³-hybridized carbons (Fsp3) is 0.400. The molecular weight excluding hydrogens is 429 g/mol.